The molecule has 3 rings (SSSR count). The molecule has 24 heavy (non-hydrogen) atoms. The molecule has 0 aliphatic carbocycles. The summed E-state index contributed by atoms with van der Waals surface area (Å²) < 4.78 is 13.2. The molecule has 0 spiro atoms. The maximum atomic E-state index is 13.2. The van der Waals surface area contributed by atoms with Crippen LogP contribution in [0.1, 0.15) is 0 Å². The van der Waals surface area contributed by atoms with Gasteiger partial charge in [0.25, 0.3) is 5.69 Å². The summed E-state index contributed by atoms with van der Waals surface area (Å²) in [5.74, 6) is -0.438. The first-order chi connectivity index (χ1) is 11.5. The van der Waals surface area contributed by atoms with Crippen molar-refractivity contribution in [2.75, 3.05) is 0 Å². The van der Waals surface area contributed by atoms with Crippen LogP contribution in [-0.2, 0) is 0 Å². The van der Waals surface area contributed by atoms with Crippen molar-refractivity contribution in [3.8, 4) is 17.1 Å². The highest BCUT2D eigenvalue weighted by atomic mass is 19.1. The van der Waals surface area contributed by atoms with Crippen LogP contribution in [0.2, 0.25) is 0 Å². The number of non-ortho nitro benzene ring substituents is 1. The monoisotopic (exact) mass is 330 g/mol. The molecule has 1 aromatic heterocycles. The Morgan fingerprint density at radius 2 is 1.83 bits per heavy atom. The highest BCUT2D eigenvalue weighted by molar-refractivity contribution is 5.58. The fourth-order valence-corrected chi connectivity index (χ4v) is 2.00. The lowest BCUT2D eigenvalue weighted by Gasteiger charge is -2.00. The molecule has 0 atom stereocenters. The van der Waals surface area contributed by atoms with E-state index in [1.54, 1.807) is 6.07 Å². The molecule has 1 heterocycles. The van der Waals surface area contributed by atoms with E-state index in [0.717, 1.165) is 23.0 Å². The summed E-state index contributed by atoms with van der Waals surface area (Å²) in [6.45, 7) is 0. The van der Waals surface area contributed by atoms with Gasteiger partial charge in [0.05, 0.1) is 15.9 Å². The Labute approximate surface area is 132 Å². The van der Waals surface area contributed by atoms with Crippen LogP contribution in [0.4, 0.5) is 15.8 Å². The summed E-state index contributed by atoms with van der Waals surface area (Å²) >= 11 is 0. The van der Waals surface area contributed by atoms with Gasteiger partial charge in [-0.25, -0.2) is 4.39 Å². The molecular formula is C13H7FN6O4. The quantitative estimate of drug-likeness (QED) is 0.529. The predicted molar refractivity (Wildman–Crippen MR) is 77.9 cm³/mol. The lowest BCUT2D eigenvalue weighted by Crippen LogP contribution is -2.04. The van der Waals surface area contributed by atoms with Crippen LogP contribution in [0.25, 0.3) is 17.1 Å². The van der Waals surface area contributed by atoms with Crippen LogP contribution in [0, 0.1) is 26.0 Å². The largest absolute Gasteiger partial charge is 0.303 e. The lowest BCUT2D eigenvalue weighted by atomic mass is 10.2. The van der Waals surface area contributed by atoms with E-state index in [-0.39, 0.29) is 11.5 Å². The topological polar surface area (TPSA) is 130 Å². The summed E-state index contributed by atoms with van der Waals surface area (Å²) in [6.07, 6.45) is 0. The Hall–Kier alpha value is -3.76. The van der Waals surface area contributed by atoms with Crippen molar-refractivity contribution in [3.63, 3.8) is 0 Å². The molecule has 0 aliphatic heterocycles. The van der Waals surface area contributed by atoms with E-state index in [1.165, 1.54) is 18.2 Å². The smallest absolute Gasteiger partial charge is 0.258 e. The second-order valence-electron chi connectivity index (χ2n) is 4.60. The van der Waals surface area contributed by atoms with E-state index in [0.29, 0.717) is 5.56 Å². The van der Waals surface area contributed by atoms with Crippen LogP contribution in [0.3, 0.4) is 0 Å². The maximum absolute atomic E-state index is 13.2. The SMILES string of the molecule is O=[N+]([O-])c1ccc(-n2nnc(-c3cccc(F)c3)n2)c([N+](=O)[O-])c1. The zero-order chi connectivity index (χ0) is 17.3. The highest BCUT2D eigenvalue weighted by Crippen LogP contribution is 2.27. The molecule has 0 unspecified atom stereocenters. The second-order valence-corrected chi connectivity index (χ2v) is 4.60. The standard InChI is InChI=1S/C13H7FN6O4/c14-9-3-1-2-8(6-9)13-15-17-18(16-13)11-5-4-10(19(21)22)7-12(11)20(23)24/h1-7H. The van der Waals surface area contributed by atoms with Gasteiger partial charge in [-0.15, -0.1) is 15.0 Å². The number of rotatable bonds is 4. The molecule has 0 bridgehead atoms. The number of benzene rings is 2. The number of nitro benzene ring substituents is 2. The normalized spacial score (nSPS) is 10.5. The molecule has 0 aliphatic rings. The van der Waals surface area contributed by atoms with Crippen molar-refractivity contribution in [2.45, 2.75) is 0 Å². The van der Waals surface area contributed by atoms with E-state index >= 15 is 0 Å². The first-order valence-corrected chi connectivity index (χ1v) is 6.45. The average molecular weight is 330 g/mol. The number of nitro groups is 2. The summed E-state index contributed by atoms with van der Waals surface area (Å²) in [6, 6.07) is 8.48. The first-order valence-electron chi connectivity index (χ1n) is 6.45. The third-order valence-corrected chi connectivity index (χ3v) is 3.08. The van der Waals surface area contributed by atoms with E-state index < -0.39 is 27.0 Å². The van der Waals surface area contributed by atoms with Crippen LogP contribution < -0.4 is 0 Å². The Kier molecular flexibility index (Phi) is 3.66. The van der Waals surface area contributed by atoms with Gasteiger partial charge in [0.1, 0.15) is 5.82 Å². The van der Waals surface area contributed by atoms with Crippen molar-refractivity contribution < 1.29 is 14.2 Å². The minimum absolute atomic E-state index is 0.0575. The number of tetrazole rings is 1. The zero-order valence-electron chi connectivity index (χ0n) is 11.7. The van der Waals surface area contributed by atoms with Gasteiger partial charge in [0.15, 0.2) is 5.69 Å². The van der Waals surface area contributed by atoms with Crippen LogP contribution >= 0.6 is 0 Å². The lowest BCUT2D eigenvalue weighted by molar-refractivity contribution is -0.394. The molecular weight excluding hydrogens is 323 g/mol. The molecule has 0 radical (unpaired) electrons. The zero-order valence-corrected chi connectivity index (χ0v) is 11.7. The van der Waals surface area contributed by atoms with Gasteiger partial charge in [-0.05, 0) is 23.4 Å². The summed E-state index contributed by atoms with van der Waals surface area (Å²) in [5, 5.41) is 33.2. The van der Waals surface area contributed by atoms with Crippen LogP contribution in [0.5, 0.6) is 0 Å². The molecule has 0 saturated heterocycles. The highest BCUT2D eigenvalue weighted by Gasteiger charge is 2.22. The van der Waals surface area contributed by atoms with E-state index in [2.05, 4.69) is 15.4 Å². The van der Waals surface area contributed by atoms with Gasteiger partial charge in [-0.1, -0.05) is 12.1 Å². The first kappa shape index (κ1) is 15.1. The summed E-state index contributed by atoms with van der Waals surface area (Å²) in [7, 11) is 0. The minimum atomic E-state index is -0.784. The van der Waals surface area contributed by atoms with Crippen molar-refractivity contribution >= 4 is 11.4 Å². The molecule has 10 nitrogen and oxygen atoms in total. The van der Waals surface area contributed by atoms with E-state index in [9.17, 15) is 24.6 Å². The van der Waals surface area contributed by atoms with Gasteiger partial charge in [-0.3, -0.25) is 20.2 Å². The number of hydrogen-bond acceptors (Lipinski definition) is 7. The fourth-order valence-electron chi connectivity index (χ4n) is 2.00. The van der Waals surface area contributed by atoms with Crippen molar-refractivity contribution in [3.05, 3.63) is 68.5 Å². The second kappa shape index (κ2) is 5.79. The molecule has 3 aromatic rings. The van der Waals surface area contributed by atoms with Crippen molar-refractivity contribution in [2.24, 2.45) is 0 Å². The minimum Gasteiger partial charge on any atom is -0.258 e. The number of halogens is 1. The Bertz CT molecular complexity index is 957. The Morgan fingerprint density at radius 1 is 1.04 bits per heavy atom. The van der Waals surface area contributed by atoms with Gasteiger partial charge in [0, 0.05) is 11.6 Å². The van der Waals surface area contributed by atoms with Gasteiger partial charge >= 0.3 is 5.69 Å². The van der Waals surface area contributed by atoms with Crippen LogP contribution in [0.15, 0.2) is 42.5 Å². The molecule has 0 saturated carbocycles. The van der Waals surface area contributed by atoms with E-state index in [4.69, 9.17) is 0 Å². The number of nitrogens with zero attached hydrogens (tertiary/aromatic N) is 6. The summed E-state index contributed by atoms with van der Waals surface area (Å²) in [4.78, 5) is 21.2. The molecule has 2 aromatic carbocycles. The average Bonchev–Trinajstić information content (AvgIpc) is 3.04. The van der Waals surface area contributed by atoms with Gasteiger partial charge in [-0.2, -0.15) is 0 Å². The number of hydrogen-bond donors (Lipinski definition) is 0. The summed E-state index contributed by atoms with van der Waals surface area (Å²) in [5.41, 5.74) is -0.741. The molecule has 0 amide bonds. The molecule has 11 heteroatoms. The molecule has 0 N–H and O–H groups in total. The Balaban J connectivity index is 2.07. The predicted octanol–water partition coefficient (Wildman–Crippen LogP) is 2.28. The Morgan fingerprint density at radius 3 is 2.50 bits per heavy atom. The third-order valence-electron chi connectivity index (χ3n) is 3.08. The maximum Gasteiger partial charge on any atom is 0.303 e. The van der Waals surface area contributed by atoms with Gasteiger partial charge < -0.3 is 0 Å². The van der Waals surface area contributed by atoms with Crippen molar-refractivity contribution in [1.82, 2.24) is 20.2 Å². The van der Waals surface area contributed by atoms with Crippen molar-refractivity contribution in [1.29, 1.82) is 0 Å². The fraction of sp³-hybridized carbons (Fsp3) is 0. The number of aromatic nitrogens is 4. The third kappa shape index (κ3) is 2.77. The van der Waals surface area contributed by atoms with E-state index in [1.807, 2.05) is 0 Å². The molecule has 120 valence electrons. The van der Waals surface area contributed by atoms with Gasteiger partial charge in [0.2, 0.25) is 5.82 Å². The molecule has 0 fully saturated rings. The van der Waals surface area contributed by atoms with Crippen LogP contribution in [-0.4, -0.2) is 30.1 Å².